The summed E-state index contributed by atoms with van der Waals surface area (Å²) in [5.41, 5.74) is 8.90. The van der Waals surface area contributed by atoms with Crippen LogP contribution in [0.2, 0.25) is 0 Å². The van der Waals surface area contributed by atoms with E-state index in [1.54, 1.807) is 0 Å². The lowest BCUT2D eigenvalue weighted by atomic mass is 10.0. The summed E-state index contributed by atoms with van der Waals surface area (Å²) in [7, 11) is 0. The summed E-state index contributed by atoms with van der Waals surface area (Å²) in [5, 5.41) is 0. The lowest BCUT2D eigenvalue weighted by Gasteiger charge is -2.19. The van der Waals surface area contributed by atoms with Gasteiger partial charge >= 0.3 is 0 Å². The van der Waals surface area contributed by atoms with Crippen molar-refractivity contribution in [1.29, 1.82) is 0 Å². The second kappa shape index (κ2) is 4.69. The molecule has 0 radical (unpaired) electrons. The zero-order valence-corrected chi connectivity index (χ0v) is 10.4. The van der Waals surface area contributed by atoms with E-state index in [4.69, 9.17) is 5.73 Å². The van der Waals surface area contributed by atoms with Crippen molar-refractivity contribution in [1.82, 2.24) is 0 Å². The SMILES string of the molecule is N[C@H](CC1CC1)c1ccc(N2CCCC2)cc1. The Bertz CT molecular complexity index is 361. The molecule has 0 unspecified atom stereocenters. The van der Waals surface area contributed by atoms with Crippen LogP contribution in [0.4, 0.5) is 5.69 Å². The monoisotopic (exact) mass is 230 g/mol. The molecular formula is C15H22N2. The molecule has 0 bridgehead atoms. The third kappa shape index (κ3) is 2.63. The third-order valence-corrected chi connectivity index (χ3v) is 4.08. The van der Waals surface area contributed by atoms with E-state index < -0.39 is 0 Å². The molecule has 1 saturated heterocycles. The first-order chi connectivity index (χ1) is 8.33. The quantitative estimate of drug-likeness (QED) is 0.861. The minimum absolute atomic E-state index is 0.245. The molecule has 1 aliphatic heterocycles. The lowest BCUT2D eigenvalue weighted by Crippen LogP contribution is -2.17. The molecule has 17 heavy (non-hydrogen) atoms. The highest BCUT2D eigenvalue weighted by Crippen LogP contribution is 2.37. The molecule has 1 saturated carbocycles. The van der Waals surface area contributed by atoms with Crippen LogP contribution in [0.15, 0.2) is 24.3 Å². The van der Waals surface area contributed by atoms with Crippen LogP contribution in [0.5, 0.6) is 0 Å². The Labute approximate surface area is 104 Å². The summed E-state index contributed by atoms with van der Waals surface area (Å²) in [6, 6.07) is 9.18. The standard InChI is InChI=1S/C15H22N2/c16-15(11-12-3-4-12)13-5-7-14(8-6-13)17-9-1-2-10-17/h5-8,12,15H,1-4,9-11,16H2/t15-/m1/s1. The van der Waals surface area contributed by atoms with Gasteiger partial charge in [-0.05, 0) is 42.9 Å². The fourth-order valence-electron chi connectivity index (χ4n) is 2.76. The van der Waals surface area contributed by atoms with Crippen LogP contribution < -0.4 is 10.6 Å². The largest absolute Gasteiger partial charge is 0.372 e. The van der Waals surface area contributed by atoms with Gasteiger partial charge in [-0.2, -0.15) is 0 Å². The van der Waals surface area contributed by atoms with E-state index in [0.29, 0.717) is 0 Å². The molecule has 2 nitrogen and oxygen atoms in total. The molecule has 3 rings (SSSR count). The summed E-state index contributed by atoms with van der Waals surface area (Å²) in [5.74, 6) is 0.906. The van der Waals surface area contributed by atoms with E-state index in [-0.39, 0.29) is 6.04 Å². The molecule has 2 heteroatoms. The number of nitrogens with two attached hydrogens (primary N) is 1. The average Bonchev–Trinajstić information content (AvgIpc) is 3.00. The van der Waals surface area contributed by atoms with E-state index >= 15 is 0 Å². The molecule has 1 aromatic rings. The summed E-state index contributed by atoms with van der Waals surface area (Å²) in [6.45, 7) is 2.43. The van der Waals surface area contributed by atoms with E-state index in [9.17, 15) is 0 Å². The van der Waals surface area contributed by atoms with Gasteiger partial charge in [0, 0.05) is 24.8 Å². The first-order valence-corrected chi connectivity index (χ1v) is 6.93. The molecular weight excluding hydrogens is 208 g/mol. The molecule has 1 aliphatic carbocycles. The van der Waals surface area contributed by atoms with Crippen molar-refractivity contribution in [2.24, 2.45) is 11.7 Å². The highest BCUT2D eigenvalue weighted by molar-refractivity contribution is 5.48. The van der Waals surface area contributed by atoms with Crippen molar-refractivity contribution in [3.8, 4) is 0 Å². The lowest BCUT2D eigenvalue weighted by molar-refractivity contribution is 0.597. The van der Waals surface area contributed by atoms with Gasteiger partial charge in [0.15, 0.2) is 0 Å². The maximum Gasteiger partial charge on any atom is 0.0366 e. The average molecular weight is 230 g/mol. The van der Waals surface area contributed by atoms with Crippen molar-refractivity contribution in [2.45, 2.75) is 38.1 Å². The Hall–Kier alpha value is -1.02. The van der Waals surface area contributed by atoms with Crippen molar-refractivity contribution in [3.63, 3.8) is 0 Å². The summed E-state index contributed by atoms with van der Waals surface area (Å²) in [6.07, 6.45) is 6.62. The number of benzene rings is 1. The van der Waals surface area contributed by atoms with E-state index in [2.05, 4.69) is 29.2 Å². The van der Waals surface area contributed by atoms with Gasteiger partial charge in [0.2, 0.25) is 0 Å². The minimum atomic E-state index is 0.245. The molecule has 0 spiro atoms. The predicted molar refractivity (Wildman–Crippen MR) is 72.2 cm³/mol. The molecule has 2 N–H and O–H groups in total. The fourth-order valence-corrected chi connectivity index (χ4v) is 2.76. The predicted octanol–water partition coefficient (Wildman–Crippen LogP) is 3.09. The van der Waals surface area contributed by atoms with Crippen LogP contribution in [-0.2, 0) is 0 Å². The topological polar surface area (TPSA) is 29.3 Å². The maximum absolute atomic E-state index is 6.23. The summed E-state index contributed by atoms with van der Waals surface area (Å²) < 4.78 is 0. The van der Waals surface area contributed by atoms with Crippen LogP contribution in [0.1, 0.15) is 43.7 Å². The van der Waals surface area contributed by atoms with Gasteiger partial charge in [-0.25, -0.2) is 0 Å². The molecule has 1 aromatic carbocycles. The Balaban J connectivity index is 1.65. The zero-order valence-electron chi connectivity index (χ0n) is 10.4. The van der Waals surface area contributed by atoms with Crippen molar-refractivity contribution < 1.29 is 0 Å². The van der Waals surface area contributed by atoms with Gasteiger partial charge in [0.25, 0.3) is 0 Å². The Kier molecular flexibility index (Phi) is 3.06. The maximum atomic E-state index is 6.23. The number of nitrogens with zero attached hydrogens (tertiary/aromatic N) is 1. The van der Waals surface area contributed by atoms with Gasteiger partial charge in [0.1, 0.15) is 0 Å². The van der Waals surface area contributed by atoms with Gasteiger partial charge < -0.3 is 10.6 Å². The minimum Gasteiger partial charge on any atom is -0.372 e. The van der Waals surface area contributed by atoms with Gasteiger partial charge in [0.05, 0.1) is 0 Å². The molecule has 1 atom stereocenters. The Morgan fingerprint density at radius 1 is 1.12 bits per heavy atom. The number of hydrogen-bond donors (Lipinski definition) is 1. The van der Waals surface area contributed by atoms with E-state index in [1.165, 1.54) is 56.4 Å². The molecule has 92 valence electrons. The second-order valence-electron chi connectivity index (χ2n) is 5.57. The van der Waals surface area contributed by atoms with Gasteiger partial charge in [-0.3, -0.25) is 0 Å². The Morgan fingerprint density at radius 2 is 1.76 bits per heavy atom. The first-order valence-electron chi connectivity index (χ1n) is 6.93. The molecule has 0 amide bonds. The molecule has 1 heterocycles. The van der Waals surface area contributed by atoms with Gasteiger partial charge in [-0.1, -0.05) is 25.0 Å². The van der Waals surface area contributed by atoms with E-state index in [0.717, 1.165) is 5.92 Å². The smallest absolute Gasteiger partial charge is 0.0366 e. The van der Waals surface area contributed by atoms with Crippen molar-refractivity contribution in [2.75, 3.05) is 18.0 Å². The zero-order chi connectivity index (χ0) is 11.7. The number of rotatable bonds is 4. The summed E-state index contributed by atoms with van der Waals surface area (Å²) >= 11 is 0. The van der Waals surface area contributed by atoms with Crippen molar-refractivity contribution >= 4 is 5.69 Å². The highest BCUT2D eigenvalue weighted by atomic mass is 15.1. The van der Waals surface area contributed by atoms with Gasteiger partial charge in [-0.15, -0.1) is 0 Å². The number of anilines is 1. The van der Waals surface area contributed by atoms with Crippen LogP contribution >= 0.6 is 0 Å². The second-order valence-corrected chi connectivity index (χ2v) is 5.57. The highest BCUT2D eigenvalue weighted by Gasteiger charge is 2.24. The van der Waals surface area contributed by atoms with Crippen LogP contribution in [0.25, 0.3) is 0 Å². The normalized spacial score (nSPS) is 21.8. The third-order valence-electron chi connectivity index (χ3n) is 4.08. The Morgan fingerprint density at radius 3 is 2.35 bits per heavy atom. The molecule has 2 aliphatic rings. The fraction of sp³-hybridized carbons (Fsp3) is 0.600. The molecule has 0 aromatic heterocycles. The van der Waals surface area contributed by atoms with Crippen molar-refractivity contribution in [3.05, 3.63) is 29.8 Å². The first kappa shape index (κ1) is 11.1. The van der Waals surface area contributed by atoms with Crippen LogP contribution in [0.3, 0.4) is 0 Å². The van der Waals surface area contributed by atoms with E-state index in [1.807, 2.05) is 0 Å². The molecule has 2 fully saturated rings. The number of hydrogen-bond acceptors (Lipinski definition) is 2. The van der Waals surface area contributed by atoms with Crippen LogP contribution in [-0.4, -0.2) is 13.1 Å². The summed E-state index contributed by atoms with van der Waals surface area (Å²) in [4.78, 5) is 2.47. The van der Waals surface area contributed by atoms with Crippen LogP contribution in [0, 0.1) is 5.92 Å².